The van der Waals surface area contributed by atoms with Gasteiger partial charge in [-0.15, -0.1) is 0 Å². The van der Waals surface area contributed by atoms with Crippen molar-refractivity contribution in [3.63, 3.8) is 0 Å². The van der Waals surface area contributed by atoms with Gasteiger partial charge in [-0.05, 0) is 44.9 Å². The van der Waals surface area contributed by atoms with Crippen molar-refractivity contribution in [3.8, 4) is 0 Å². The summed E-state index contributed by atoms with van der Waals surface area (Å²) < 4.78 is 12.8. The standard InChI is InChI=1S/C20H26N2O4/c1-5-10-21-12-17(25-13-18(21)23)15-7-6-8-16-14(15)9-11-22(16)19(24)26-20(2,3)4/h6-9,11,17H,5,10,12-13H2,1-4H3. The second kappa shape index (κ2) is 7.11. The summed E-state index contributed by atoms with van der Waals surface area (Å²) in [5.41, 5.74) is 1.20. The molecule has 1 fully saturated rings. The lowest BCUT2D eigenvalue weighted by atomic mass is 10.0. The Balaban J connectivity index is 1.91. The van der Waals surface area contributed by atoms with Gasteiger partial charge < -0.3 is 14.4 Å². The molecular weight excluding hydrogens is 332 g/mol. The van der Waals surface area contributed by atoms with Gasteiger partial charge in [-0.3, -0.25) is 9.36 Å². The lowest BCUT2D eigenvalue weighted by Crippen LogP contribution is -2.43. The van der Waals surface area contributed by atoms with E-state index in [0.717, 1.165) is 29.4 Å². The molecule has 0 spiro atoms. The van der Waals surface area contributed by atoms with Crippen LogP contribution in [-0.4, -0.2) is 46.8 Å². The molecule has 2 aromatic rings. The molecule has 1 aliphatic rings. The number of benzene rings is 1. The van der Waals surface area contributed by atoms with E-state index in [1.807, 2.05) is 49.9 Å². The highest BCUT2D eigenvalue weighted by atomic mass is 16.6. The number of hydrogen-bond donors (Lipinski definition) is 0. The number of carbonyl (C=O) groups is 2. The molecule has 6 heteroatoms. The Kier molecular flexibility index (Phi) is 5.05. The highest BCUT2D eigenvalue weighted by Gasteiger charge is 2.28. The molecule has 0 aliphatic carbocycles. The zero-order chi connectivity index (χ0) is 18.9. The molecule has 2 heterocycles. The molecule has 1 amide bonds. The van der Waals surface area contributed by atoms with Crippen molar-refractivity contribution < 1.29 is 19.1 Å². The van der Waals surface area contributed by atoms with Crippen molar-refractivity contribution in [2.75, 3.05) is 19.7 Å². The van der Waals surface area contributed by atoms with Gasteiger partial charge in [-0.1, -0.05) is 19.1 Å². The first-order chi connectivity index (χ1) is 12.3. The normalized spacial score (nSPS) is 18.4. The SMILES string of the molecule is CCCN1CC(c2cccc3c2ccn3C(=O)OC(C)(C)C)OCC1=O. The fraction of sp³-hybridized carbons (Fsp3) is 0.500. The third-order valence-electron chi connectivity index (χ3n) is 4.34. The number of ether oxygens (including phenoxy) is 2. The van der Waals surface area contributed by atoms with Crippen LogP contribution in [0.4, 0.5) is 4.79 Å². The summed E-state index contributed by atoms with van der Waals surface area (Å²) in [6.07, 6.45) is 2.03. The number of amides is 1. The summed E-state index contributed by atoms with van der Waals surface area (Å²) in [5.74, 6) is 0.0293. The molecule has 1 aliphatic heterocycles. The maximum Gasteiger partial charge on any atom is 0.418 e. The van der Waals surface area contributed by atoms with E-state index in [4.69, 9.17) is 9.47 Å². The molecule has 140 valence electrons. The second-order valence-corrected chi connectivity index (χ2v) is 7.59. The van der Waals surface area contributed by atoms with Crippen LogP contribution < -0.4 is 0 Å². The quantitative estimate of drug-likeness (QED) is 0.839. The molecular formula is C20H26N2O4. The monoisotopic (exact) mass is 358 g/mol. The fourth-order valence-electron chi connectivity index (χ4n) is 3.23. The van der Waals surface area contributed by atoms with Crippen LogP contribution in [0.25, 0.3) is 10.9 Å². The van der Waals surface area contributed by atoms with Gasteiger partial charge in [0.15, 0.2) is 0 Å². The van der Waals surface area contributed by atoms with Crippen molar-refractivity contribution in [2.45, 2.75) is 45.8 Å². The van der Waals surface area contributed by atoms with E-state index in [2.05, 4.69) is 6.92 Å². The lowest BCUT2D eigenvalue weighted by Gasteiger charge is -2.33. The molecule has 3 rings (SSSR count). The van der Waals surface area contributed by atoms with Gasteiger partial charge >= 0.3 is 6.09 Å². The van der Waals surface area contributed by atoms with E-state index in [1.54, 1.807) is 6.20 Å². The molecule has 1 aromatic carbocycles. The summed E-state index contributed by atoms with van der Waals surface area (Å²) in [6.45, 7) is 8.94. The number of carbonyl (C=O) groups excluding carboxylic acids is 2. The number of hydrogen-bond acceptors (Lipinski definition) is 4. The van der Waals surface area contributed by atoms with Gasteiger partial charge in [-0.2, -0.15) is 0 Å². The number of morpholine rings is 1. The smallest absolute Gasteiger partial charge is 0.418 e. The highest BCUT2D eigenvalue weighted by molar-refractivity contribution is 5.92. The van der Waals surface area contributed by atoms with Gasteiger partial charge in [0.1, 0.15) is 18.3 Å². The van der Waals surface area contributed by atoms with Crippen LogP contribution in [0.2, 0.25) is 0 Å². The first-order valence-corrected chi connectivity index (χ1v) is 9.03. The Hall–Kier alpha value is -2.34. The molecule has 6 nitrogen and oxygen atoms in total. The number of aromatic nitrogens is 1. The van der Waals surface area contributed by atoms with Crippen LogP contribution >= 0.6 is 0 Å². The minimum absolute atomic E-state index is 0.0293. The predicted molar refractivity (Wildman–Crippen MR) is 99.1 cm³/mol. The average Bonchev–Trinajstić information content (AvgIpc) is 3.00. The van der Waals surface area contributed by atoms with Crippen LogP contribution in [0, 0.1) is 0 Å². The maximum absolute atomic E-state index is 12.5. The van der Waals surface area contributed by atoms with Crippen molar-refractivity contribution in [3.05, 3.63) is 36.0 Å². The molecule has 26 heavy (non-hydrogen) atoms. The number of nitrogens with zero attached hydrogens (tertiary/aromatic N) is 2. The molecule has 0 N–H and O–H groups in total. The third-order valence-corrected chi connectivity index (χ3v) is 4.34. The van der Waals surface area contributed by atoms with Gasteiger partial charge in [0.25, 0.3) is 0 Å². The molecule has 0 saturated carbocycles. The van der Waals surface area contributed by atoms with E-state index in [-0.39, 0.29) is 18.6 Å². The zero-order valence-corrected chi connectivity index (χ0v) is 15.8. The van der Waals surface area contributed by atoms with Crippen LogP contribution in [0.1, 0.15) is 45.8 Å². The van der Waals surface area contributed by atoms with E-state index in [1.165, 1.54) is 4.57 Å². The van der Waals surface area contributed by atoms with Gasteiger partial charge in [0.2, 0.25) is 5.91 Å². The van der Waals surface area contributed by atoms with Crippen LogP contribution in [0.5, 0.6) is 0 Å². The Labute approximate surface area is 153 Å². The maximum atomic E-state index is 12.5. The van der Waals surface area contributed by atoms with Crippen molar-refractivity contribution in [1.82, 2.24) is 9.47 Å². The van der Waals surface area contributed by atoms with Crippen molar-refractivity contribution >= 4 is 22.9 Å². The largest absolute Gasteiger partial charge is 0.443 e. The molecule has 1 saturated heterocycles. The molecule has 1 unspecified atom stereocenters. The van der Waals surface area contributed by atoms with Gasteiger partial charge in [0, 0.05) is 18.1 Å². The van der Waals surface area contributed by atoms with Gasteiger partial charge in [-0.25, -0.2) is 4.79 Å². The molecule has 1 atom stereocenters. The number of fused-ring (bicyclic) bond motifs is 1. The highest BCUT2D eigenvalue weighted by Crippen LogP contribution is 2.30. The van der Waals surface area contributed by atoms with E-state index in [9.17, 15) is 9.59 Å². The first-order valence-electron chi connectivity index (χ1n) is 9.03. The van der Waals surface area contributed by atoms with Crippen molar-refractivity contribution in [1.29, 1.82) is 0 Å². The topological polar surface area (TPSA) is 60.8 Å². The second-order valence-electron chi connectivity index (χ2n) is 7.59. The zero-order valence-electron chi connectivity index (χ0n) is 15.8. The Morgan fingerprint density at radius 2 is 2.08 bits per heavy atom. The summed E-state index contributed by atoms with van der Waals surface area (Å²) in [5, 5.41) is 0.939. The van der Waals surface area contributed by atoms with Gasteiger partial charge in [0.05, 0.1) is 12.1 Å². The summed E-state index contributed by atoms with van der Waals surface area (Å²) in [6, 6.07) is 7.69. The van der Waals surface area contributed by atoms with Crippen LogP contribution in [-0.2, 0) is 14.3 Å². The summed E-state index contributed by atoms with van der Waals surface area (Å²) in [4.78, 5) is 26.3. The van der Waals surface area contributed by atoms with Crippen molar-refractivity contribution in [2.24, 2.45) is 0 Å². The third kappa shape index (κ3) is 3.75. The van der Waals surface area contributed by atoms with E-state index < -0.39 is 11.7 Å². The predicted octanol–water partition coefficient (Wildman–Crippen LogP) is 3.73. The Bertz CT molecular complexity index is 819. The molecule has 1 aromatic heterocycles. The Morgan fingerprint density at radius 3 is 2.77 bits per heavy atom. The minimum Gasteiger partial charge on any atom is -0.443 e. The number of rotatable bonds is 3. The fourth-order valence-corrected chi connectivity index (χ4v) is 3.23. The summed E-state index contributed by atoms with van der Waals surface area (Å²) in [7, 11) is 0. The minimum atomic E-state index is -0.557. The van der Waals surface area contributed by atoms with E-state index in [0.29, 0.717) is 6.54 Å². The van der Waals surface area contributed by atoms with Crippen LogP contribution in [0.15, 0.2) is 30.5 Å². The van der Waals surface area contributed by atoms with E-state index >= 15 is 0 Å². The van der Waals surface area contributed by atoms with Crippen LogP contribution in [0.3, 0.4) is 0 Å². The average molecular weight is 358 g/mol. The first kappa shape index (κ1) is 18.5. The lowest BCUT2D eigenvalue weighted by molar-refractivity contribution is -0.149. The Morgan fingerprint density at radius 1 is 1.31 bits per heavy atom. The molecule has 0 bridgehead atoms. The molecule has 0 radical (unpaired) electrons. The summed E-state index contributed by atoms with van der Waals surface area (Å²) >= 11 is 0.